The summed E-state index contributed by atoms with van der Waals surface area (Å²) < 4.78 is 24.0. The summed E-state index contributed by atoms with van der Waals surface area (Å²) >= 11 is 0. The Morgan fingerprint density at radius 2 is 2.00 bits per heavy atom. The molecule has 1 aromatic heterocycles. The number of carboxylic acid groups (broad SMARTS) is 1. The van der Waals surface area contributed by atoms with E-state index in [1.54, 1.807) is 12.1 Å². The van der Waals surface area contributed by atoms with Gasteiger partial charge in [0, 0.05) is 18.5 Å². The van der Waals surface area contributed by atoms with Crippen LogP contribution in [0.3, 0.4) is 0 Å². The van der Waals surface area contributed by atoms with Crippen molar-refractivity contribution in [3.8, 4) is 0 Å². The molecule has 2 rings (SSSR count). The van der Waals surface area contributed by atoms with E-state index in [0.29, 0.717) is 13.1 Å². The van der Waals surface area contributed by atoms with Crippen molar-refractivity contribution in [2.45, 2.75) is 11.4 Å². The predicted molar refractivity (Wildman–Crippen MR) is 75.0 cm³/mol. The van der Waals surface area contributed by atoms with E-state index in [1.807, 2.05) is 0 Å². The maximum atomic E-state index is 11.3. The normalized spacial score (nSPS) is 11.3. The highest BCUT2D eigenvalue weighted by Gasteiger charge is 2.08. The van der Waals surface area contributed by atoms with Crippen molar-refractivity contribution in [2.75, 3.05) is 18.1 Å². The van der Waals surface area contributed by atoms with Gasteiger partial charge in [0.25, 0.3) is 0 Å². The van der Waals surface area contributed by atoms with Crippen molar-refractivity contribution in [3.63, 3.8) is 0 Å². The summed E-state index contributed by atoms with van der Waals surface area (Å²) in [6.45, 7) is 0.939. The SMILES string of the molecule is CS(=O)(=O)c1ccc(NCCn2cc(C(=O)O)nn2)cc1. The van der Waals surface area contributed by atoms with Gasteiger partial charge < -0.3 is 10.4 Å². The van der Waals surface area contributed by atoms with E-state index in [-0.39, 0.29) is 10.6 Å². The van der Waals surface area contributed by atoms with Gasteiger partial charge in [0.05, 0.1) is 17.6 Å². The summed E-state index contributed by atoms with van der Waals surface area (Å²) in [5.41, 5.74) is 0.661. The minimum Gasteiger partial charge on any atom is -0.476 e. The molecule has 0 unspecified atom stereocenters. The van der Waals surface area contributed by atoms with Gasteiger partial charge in [-0.3, -0.25) is 0 Å². The fourth-order valence-electron chi connectivity index (χ4n) is 1.64. The summed E-state index contributed by atoms with van der Waals surface area (Å²) in [5, 5.41) is 19.0. The zero-order chi connectivity index (χ0) is 15.5. The molecule has 1 heterocycles. The van der Waals surface area contributed by atoms with Crippen molar-refractivity contribution in [2.24, 2.45) is 0 Å². The number of hydrogen-bond acceptors (Lipinski definition) is 6. The smallest absolute Gasteiger partial charge is 0.358 e. The molecule has 0 saturated carbocycles. The van der Waals surface area contributed by atoms with Crippen LogP contribution in [0.1, 0.15) is 10.5 Å². The van der Waals surface area contributed by atoms with Gasteiger partial charge in [0.2, 0.25) is 0 Å². The molecule has 2 aromatic rings. The van der Waals surface area contributed by atoms with Crippen molar-refractivity contribution in [3.05, 3.63) is 36.2 Å². The molecular formula is C12H14N4O4S. The van der Waals surface area contributed by atoms with Crippen LogP contribution >= 0.6 is 0 Å². The molecule has 8 nitrogen and oxygen atoms in total. The molecule has 0 aliphatic carbocycles. The highest BCUT2D eigenvalue weighted by molar-refractivity contribution is 7.90. The van der Waals surface area contributed by atoms with Gasteiger partial charge in [0.15, 0.2) is 15.5 Å². The summed E-state index contributed by atoms with van der Waals surface area (Å²) in [4.78, 5) is 10.9. The van der Waals surface area contributed by atoms with Crippen molar-refractivity contribution >= 4 is 21.5 Å². The highest BCUT2D eigenvalue weighted by Crippen LogP contribution is 2.13. The molecule has 0 spiro atoms. The number of carbonyl (C=O) groups is 1. The minimum absolute atomic E-state index is 0.104. The first kappa shape index (κ1) is 15.0. The van der Waals surface area contributed by atoms with Gasteiger partial charge >= 0.3 is 5.97 Å². The number of nitrogens with one attached hydrogen (secondary N) is 1. The zero-order valence-electron chi connectivity index (χ0n) is 11.2. The Bertz CT molecular complexity index is 737. The first-order valence-corrected chi connectivity index (χ1v) is 7.93. The van der Waals surface area contributed by atoms with Gasteiger partial charge in [0.1, 0.15) is 0 Å². The van der Waals surface area contributed by atoms with E-state index < -0.39 is 15.8 Å². The van der Waals surface area contributed by atoms with Crippen LogP contribution in [0, 0.1) is 0 Å². The van der Waals surface area contributed by atoms with Gasteiger partial charge in [-0.2, -0.15) is 0 Å². The molecule has 2 N–H and O–H groups in total. The summed E-state index contributed by atoms with van der Waals surface area (Å²) in [6.07, 6.45) is 2.50. The summed E-state index contributed by atoms with van der Waals surface area (Å²) in [7, 11) is -3.19. The quantitative estimate of drug-likeness (QED) is 0.798. The number of nitrogens with zero attached hydrogens (tertiary/aromatic N) is 3. The van der Waals surface area contributed by atoms with Crippen LogP contribution in [-0.4, -0.2) is 47.3 Å². The fourth-order valence-corrected chi connectivity index (χ4v) is 2.27. The Morgan fingerprint density at radius 1 is 1.33 bits per heavy atom. The van der Waals surface area contributed by atoms with E-state index in [2.05, 4.69) is 15.6 Å². The Labute approximate surface area is 121 Å². The largest absolute Gasteiger partial charge is 0.476 e. The van der Waals surface area contributed by atoms with E-state index in [9.17, 15) is 13.2 Å². The van der Waals surface area contributed by atoms with Gasteiger partial charge in [-0.25, -0.2) is 17.9 Å². The van der Waals surface area contributed by atoms with Crippen LogP contribution in [0.5, 0.6) is 0 Å². The summed E-state index contributed by atoms with van der Waals surface area (Å²) in [5.74, 6) is -1.12. The van der Waals surface area contributed by atoms with E-state index >= 15 is 0 Å². The van der Waals surface area contributed by atoms with E-state index in [0.717, 1.165) is 11.9 Å². The molecule has 0 radical (unpaired) electrons. The number of anilines is 1. The third-order valence-corrected chi connectivity index (χ3v) is 3.84. The Morgan fingerprint density at radius 3 is 2.52 bits per heavy atom. The fraction of sp³-hybridized carbons (Fsp3) is 0.250. The molecule has 112 valence electrons. The lowest BCUT2D eigenvalue weighted by Crippen LogP contribution is -2.11. The zero-order valence-corrected chi connectivity index (χ0v) is 12.0. The molecule has 21 heavy (non-hydrogen) atoms. The lowest BCUT2D eigenvalue weighted by Gasteiger charge is -2.06. The molecule has 9 heteroatoms. The van der Waals surface area contributed by atoms with Crippen molar-refractivity contribution in [1.29, 1.82) is 0 Å². The lowest BCUT2D eigenvalue weighted by atomic mass is 10.3. The Hall–Kier alpha value is -2.42. The Kier molecular flexibility index (Phi) is 4.22. The van der Waals surface area contributed by atoms with Crippen LogP contribution in [0.4, 0.5) is 5.69 Å². The third kappa shape index (κ3) is 4.02. The molecule has 0 amide bonds. The molecule has 0 fully saturated rings. The average molecular weight is 310 g/mol. The van der Waals surface area contributed by atoms with Crippen molar-refractivity contribution in [1.82, 2.24) is 15.0 Å². The maximum Gasteiger partial charge on any atom is 0.358 e. The standard InChI is InChI=1S/C12H14N4O4S/c1-21(19,20)10-4-2-9(3-5-10)13-6-7-16-8-11(12(17)18)14-15-16/h2-5,8,13H,6-7H2,1H3,(H,17,18). The van der Waals surface area contributed by atoms with Crippen LogP contribution < -0.4 is 5.32 Å². The molecule has 0 bridgehead atoms. The van der Waals surface area contributed by atoms with Crippen LogP contribution in [0.15, 0.2) is 35.4 Å². The predicted octanol–water partition coefficient (Wildman–Crippen LogP) is 0.492. The Balaban J connectivity index is 1.89. The first-order valence-electron chi connectivity index (χ1n) is 6.04. The van der Waals surface area contributed by atoms with Crippen LogP contribution in [-0.2, 0) is 16.4 Å². The van der Waals surface area contributed by atoms with Gasteiger partial charge in [-0.05, 0) is 24.3 Å². The van der Waals surface area contributed by atoms with Crippen LogP contribution in [0.2, 0.25) is 0 Å². The lowest BCUT2D eigenvalue weighted by molar-refractivity contribution is 0.0690. The molecule has 0 saturated heterocycles. The van der Waals surface area contributed by atoms with E-state index in [1.165, 1.54) is 23.0 Å². The second kappa shape index (κ2) is 5.92. The third-order valence-electron chi connectivity index (χ3n) is 2.71. The molecule has 0 aliphatic heterocycles. The maximum absolute atomic E-state index is 11.3. The topological polar surface area (TPSA) is 114 Å². The molecular weight excluding hydrogens is 296 g/mol. The molecule has 0 atom stereocenters. The second-order valence-corrected chi connectivity index (χ2v) is 6.41. The number of aromatic carboxylic acids is 1. The number of carboxylic acids is 1. The van der Waals surface area contributed by atoms with E-state index in [4.69, 9.17) is 5.11 Å². The number of hydrogen-bond donors (Lipinski definition) is 2. The second-order valence-electron chi connectivity index (χ2n) is 4.40. The summed E-state index contributed by atoms with van der Waals surface area (Å²) in [6, 6.07) is 6.38. The highest BCUT2D eigenvalue weighted by atomic mass is 32.2. The number of aromatic nitrogens is 3. The monoisotopic (exact) mass is 310 g/mol. The first-order chi connectivity index (χ1) is 9.86. The number of benzene rings is 1. The average Bonchev–Trinajstić information content (AvgIpc) is 2.87. The molecule has 0 aliphatic rings. The van der Waals surface area contributed by atoms with Crippen molar-refractivity contribution < 1.29 is 18.3 Å². The molecule has 1 aromatic carbocycles. The van der Waals surface area contributed by atoms with Gasteiger partial charge in [-0.1, -0.05) is 5.21 Å². The number of sulfone groups is 1. The number of rotatable bonds is 6. The van der Waals surface area contributed by atoms with Crippen LogP contribution in [0.25, 0.3) is 0 Å². The van der Waals surface area contributed by atoms with Gasteiger partial charge in [-0.15, -0.1) is 5.10 Å². The minimum atomic E-state index is -3.19.